The van der Waals surface area contributed by atoms with Crippen molar-refractivity contribution in [2.75, 3.05) is 6.61 Å². The Kier molecular flexibility index (Phi) is 3.78. The van der Waals surface area contributed by atoms with Gasteiger partial charge in [0.2, 0.25) is 0 Å². The van der Waals surface area contributed by atoms with Crippen LogP contribution >= 0.6 is 0 Å². The van der Waals surface area contributed by atoms with E-state index in [9.17, 15) is 4.79 Å². The first kappa shape index (κ1) is 12.4. The minimum atomic E-state index is -0.000671. The van der Waals surface area contributed by atoms with Gasteiger partial charge in [0.1, 0.15) is 5.75 Å². The van der Waals surface area contributed by atoms with Crippen LogP contribution in [0.5, 0.6) is 5.75 Å². The van der Waals surface area contributed by atoms with Gasteiger partial charge in [-0.05, 0) is 32.0 Å². The summed E-state index contributed by atoms with van der Waals surface area (Å²) in [6.07, 6.45) is 0. The molecule has 18 heavy (non-hydrogen) atoms. The van der Waals surface area contributed by atoms with E-state index in [4.69, 9.17) is 4.74 Å². The van der Waals surface area contributed by atoms with Crippen LogP contribution in [0.1, 0.15) is 21.5 Å². The first-order chi connectivity index (χ1) is 8.65. The van der Waals surface area contributed by atoms with Crippen LogP contribution in [0.2, 0.25) is 0 Å². The monoisotopic (exact) mass is 240 g/mol. The highest BCUT2D eigenvalue weighted by molar-refractivity contribution is 5.97. The predicted octanol–water partition coefficient (Wildman–Crippen LogP) is 3.57. The van der Waals surface area contributed by atoms with E-state index in [1.807, 2.05) is 62.4 Å². The molecule has 0 aliphatic rings. The first-order valence-electron chi connectivity index (χ1n) is 5.94. The molecule has 0 aliphatic heterocycles. The summed E-state index contributed by atoms with van der Waals surface area (Å²) in [6.45, 7) is 4.06. The van der Waals surface area contributed by atoms with Crippen molar-refractivity contribution in [3.63, 3.8) is 0 Å². The van der Waals surface area contributed by atoms with Crippen LogP contribution in [0.3, 0.4) is 0 Å². The van der Waals surface area contributed by atoms with E-state index >= 15 is 0 Å². The van der Waals surface area contributed by atoms with Gasteiger partial charge in [0.05, 0.1) is 0 Å². The van der Waals surface area contributed by atoms with E-state index in [0.29, 0.717) is 5.56 Å². The van der Waals surface area contributed by atoms with Gasteiger partial charge in [-0.3, -0.25) is 4.79 Å². The lowest BCUT2D eigenvalue weighted by Gasteiger charge is -2.06. The second-order valence-electron chi connectivity index (χ2n) is 4.39. The van der Waals surface area contributed by atoms with Gasteiger partial charge in [-0.25, -0.2) is 0 Å². The first-order valence-corrected chi connectivity index (χ1v) is 5.94. The molecule has 0 saturated carbocycles. The molecule has 0 amide bonds. The van der Waals surface area contributed by atoms with Crippen LogP contribution in [0, 0.1) is 13.8 Å². The molecule has 2 heteroatoms. The van der Waals surface area contributed by atoms with E-state index in [0.717, 1.165) is 11.3 Å². The molecule has 2 aromatic rings. The molecular weight excluding hydrogens is 224 g/mol. The Morgan fingerprint density at radius 1 is 1.00 bits per heavy atom. The fourth-order valence-electron chi connectivity index (χ4n) is 1.69. The normalized spacial score (nSPS) is 10.1. The average molecular weight is 240 g/mol. The number of hydrogen-bond acceptors (Lipinski definition) is 2. The number of Topliss-reactive ketones (excluding diaryl/α,β-unsaturated/α-hetero) is 1. The highest BCUT2D eigenvalue weighted by Gasteiger charge is 2.06. The predicted molar refractivity (Wildman–Crippen MR) is 72.2 cm³/mol. The number of rotatable bonds is 4. The van der Waals surface area contributed by atoms with Crippen molar-refractivity contribution >= 4 is 5.78 Å². The van der Waals surface area contributed by atoms with Crippen molar-refractivity contribution in [2.24, 2.45) is 0 Å². The minimum absolute atomic E-state index is 0.000671. The van der Waals surface area contributed by atoms with Crippen LogP contribution in [0.15, 0.2) is 48.5 Å². The van der Waals surface area contributed by atoms with Crippen molar-refractivity contribution in [1.29, 1.82) is 0 Å². The molecule has 0 bridgehead atoms. The van der Waals surface area contributed by atoms with Gasteiger partial charge in [-0.1, -0.05) is 41.5 Å². The summed E-state index contributed by atoms with van der Waals surface area (Å²) in [7, 11) is 0. The zero-order valence-corrected chi connectivity index (χ0v) is 10.6. The fourth-order valence-corrected chi connectivity index (χ4v) is 1.69. The van der Waals surface area contributed by atoms with Gasteiger partial charge >= 0.3 is 0 Å². The Hall–Kier alpha value is -2.09. The topological polar surface area (TPSA) is 26.3 Å². The summed E-state index contributed by atoms with van der Waals surface area (Å²) < 4.78 is 5.47. The number of ether oxygens (including phenoxy) is 1. The van der Waals surface area contributed by atoms with Gasteiger partial charge in [-0.15, -0.1) is 0 Å². The maximum Gasteiger partial charge on any atom is 0.200 e. The Morgan fingerprint density at radius 3 is 2.39 bits per heavy atom. The third kappa shape index (κ3) is 3.20. The molecule has 0 N–H and O–H groups in total. The second-order valence-corrected chi connectivity index (χ2v) is 4.39. The SMILES string of the molecule is Cc1ccc(OCC(=O)c2cccc(C)c2)cc1. The summed E-state index contributed by atoms with van der Waals surface area (Å²) in [5, 5.41) is 0. The Labute approximate surface area is 107 Å². The van der Waals surface area contributed by atoms with E-state index in [1.165, 1.54) is 5.56 Å². The molecule has 2 nitrogen and oxygen atoms in total. The maximum absolute atomic E-state index is 11.9. The molecule has 0 saturated heterocycles. The summed E-state index contributed by atoms with van der Waals surface area (Å²) in [6, 6.07) is 15.2. The van der Waals surface area contributed by atoms with Crippen LogP contribution in [0.25, 0.3) is 0 Å². The molecule has 0 unspecified atom stereocenters. The van der Waals surface area contributed by atoms with E-state index in [2.05, 4.69) is 0 Å². The third-order valence-corrected chi connectivity index (χ3v) is 2.73. The van der Waals surface area contributed by atoms with Gasteiger partial charge in [0.15, 0.2) is 12.4 Å². The lowest BCUT2D eigenvalue weighted by atomic mass is 10.1. The molecule has 0 aromatic heterocycles. The van der Waals surface area contributed by atoms with Crippen molar-refractivity contribution in [3.8, 4) is 5.75 Å². The Balaban J connectivity index is 1.98. The minimum Gasteiger partial charge on any atom is -0.485 e. The van der Waals surface area contributed by atoms with Crippen LogP contribution < -0.4 is 4.74 Å². The summed E-state index contributed by atoms with van der Waals surface area (Å²) in [4.78, 5) is 11.9. The Bertz CT molecular complexity index is 541. The number of hydrogen-bond donors (Lipinski definition) is 0. The van der Waals surface area contributed by atoms with Crippen molar-refractivity contribution < 1.29 is 9.53 Å². The zero-order chi connectivity index (χ0) is 13.0. The van der Waals surface area contributed by atoms with Crippen LogP contribution in [-0.4, -0.2) is 12.4 Å². The summed E-state index contributed by atoms with van der Waals surface area (Å²) in [5.74, 6) is 0.723. The number of aryl methyl sites for hydroxylation is 2. The van der Waals surface area contributed by atoms with Crippen LogP contribution in [0.4, 0.5) is 0 Å². The van der Waals surface area contributed by atoms with E-state index < -0.39 is 0 Å². The summed E-state index contributed by atoms with van der Waals surface area (Å²) >= 11 is 0. The number of ketones is 1. The number of carbonyl (C=O) groups is 1. The lowest BCUT2D eigenvalue weighted by Crippen LogP contribution is -2.11. The highest BCUT2D eigenvalue weighted by atomic mass is 16.5. The maximum atomic E-state index is 11.9. The molecule has 0 radical (unpaired) electrons. The Morgan fingerprint density at radius 2 is 1.72 bits per heavy atom. The van der Waals surface area contributed by atoms with E-state index in [1.54, 1.807) is 0 Å². The molecule has 0 fully saturated rings. The highest BCUT2D eigenvalue weighted by Crippen LogP contribution is 2.12. The summed E-state index contributed by atoms with van der Waals surface area (Å²) in [5.41, 5.74) is 2.95. The lowest BCUT2D eigenvalue weighted by molar-refractivity contribution is 0.0921. The quantitative estimate of drug-likeness (QED) is 0.764. The number of benzene rings is 2. The molecular formula is C16H16O2. The molecule has 0 atom stereocenters. The molecule has 2 aromatic carbocycles. The standard InChI is InChI=1S/C16H16O2/c1-12-6-8-15(9-7-12)18-11-16(17)14-5-3-4-13(2)10-14/h3-10H,11H2,1-2H3. The van der Waals surface area contributed by atoms with Gasteiger partial charge < -0.3 is 4.74 Å². The molecule has 0 aliphatic carbocycles. The number of carbonyl (C=O) groups excluding carboxylic acids is 1. The molecule has 0 spiro atoms. The second kappa shape index (κ2) is 5.50. The fraction of sp³-hybridized carbons (Fsp3) is 0.188. The molecule has 92 valence electrons. The van der Waals surface area contributed by atoms with Crippen molar-refractivity contribution in [2.45, 2.75) is 13.8 Å². The van der Waals surface area contributed by atoms with Crippen molar-refractivity contribution in [3.05, 3.63) is 65.2 Å². The van der Waals surface area contributed by atoms with Gasteiger partial charge in [0, 0.05) is 5.56 Å². The largest absolute Gasteiger partial charge is 0.485 e. The third-order valence-electron chi connectivity index (χ3n) is 2.73. The van der Waals surface area contributed by atoms with Gasteiger partial charge in [-0.2, -0.15) is 0 Å². The zero-order valence-electron chi connectivity index (χ0n) is 10.6. The molecule has 2 rings (SSSR count). The van der Waals surface area contributed by atoms with Crippen LogP contribution in [-0.2, 0) is 0 Å². The van der Waals surface area contributed by atoms with Crippen molar-refractivity contribution in [1.82, 2.24) is 0 Å². The average Bonchev–Trinajstić information content (AvgIpc) is 2.38. The molecule has 0 heterocycles. The smallest absolute Gasteiger partial charge is 0.200 e. The van der Waals surface area contributed by atoms with E-state index in [-0.39, 0.29) is 12.4 Å². The van der Waals surface area contributed by atoms with Gasteiger partial charge in [0.25, 0.3) is 0 Å².